The summed E-state index contributed by atoms with van der Waals surface area (Å²) < 4.78 is 27.8. The van der Waals surface area contributed by atoms with Gasteiger partial charge in [-0.25, -0.2) is 8.42 Å². The Morgan fingerprint density at radius 3 is 2.76 bits per heavy atom. The topological polar surface area (TPSA) is 63.4 Å². The van der Waals surface area contributed by atoms with Gasteiger partial charge in [-0.1, -0.05) is 6.92 Å². The quantitative estimate of drug-likeness (QED) is 0.884. The first-order chi connectivity index (χ1) is 9.93. The maximum absolute atomic E-state index is 12.9. The fourth-order valence-electron chi connectivity index (χ4n) is 2.77. The minimum atomic E-state index is -3.49. The first-order valence-corrected chi connectivity index (χ1v) is 9.20. The number of nitrogen functional groups attached to an aromatic ring is 1. The van der Waals surface area contributed by atoms with Gasteiger partial charge in [0.05, 0.1) is 5.69 Å². The lowest BCUT2D eigenvalue weighted by atomic mass is 10.1. The van der Waals surface area contributed by atoms with Crippen molar-refractivity contribution in [3.8, 4) is 0 Å². The number of nitrogens with zero attached hydrogens (tertiary/aromatic N) is 1. The summed E-state index contributed by atoms with van der Waals surface area (Å²) in [6.07, 6.45) is 1.55. The molecule has 0 saturated heterocycles. The van der Waals surface area contributed by atoms with Crippen molar-refractivity contribution < 1.29 is 8.42 Å². The standard InChI is InChI=1S/C15H18N2O2S2/c1-3-13-5-7-15(20-13)21(18,19)17-10(2)8-11-9-12(16)4-6-14(11)17/h4-7,9-10H,3,8,16H2,1-2H3. The number of aryl methyl sites for hydroxylation is 1. The highest BCUT2D eigenvalue weighted by atomic mass is 32.2. The van der Waals surface area contributed by atoms with Gasteiger partial charge in [0.15, 0.2) is 0 Å². The lowest BCUT2D eigenvalue weighted by molar-refractivity contribution is 0.586. The number of hydrogen-bond acceptors (Lipinski definition) is 4. The van der Waals surface area contributed by atoms with Crippen molar-refractivity contribution in [3.05, 3.63) is 40.8 Å². The van der Waals surface area contributed by atoms with E-state index in [2.05, 4.69) is 0 Å². The van der Waals surface area contributed by atoms with Gasteiger partial charge in [-0.15, -0.1) is 11.3 Å². The molecule has 0 amide bonds. The predicted molar refractivity (Wildman–Crippen MR) is 87.4 cm³/mol. The van der Waals surface area contributed by atoms with E-state index < -0.39 is 10.0 Å². The summed E-state index contributed by atoms with van der Waals surface area (Å²) in [6, 6.07) is 8.95. The Bertz CT molecular complexity index is 781. The Morgan fingerprint density at radius 1 is 1.33 bits per heavy atom. The van der Waals surface area contributed by atoms with E-state index in [9.17, 15) is 8.42 Å². The number of benzene rings is 1. The normalized spacial score (nSPS) is 18.0. The highest BCUT2D eigenvalue weighted by Crippen LogP contribution is 2.39. The summed E-state index contributed by atoms with van der Waals surface area (Å²) in [6.45, 7) is 3.96. The molecule has 3 rings (SSSR count). The summed E-state index contributed by atoms with van der Waals surface area (Å²) in [5.41, 5.74) is 8.22. The third-order valence-corrected chi connectivity index (χ3v) is 7.38. The lowest BCUT2D eigenvalue weighted by Gasteiger charge is -2.23. The maximum Gasteiger partial charge on any atom is 0.274 e. The molecule has 1 unspecified atom stereocenters. The molecular weight excluding hydrogens is 304 g/mol. The van der Waals surface area contributed by atoms with E-state index in [1.807, 2.05) is 26.0 Å². The number of fused-ring (bicyclic) bond motifs is 1. The van der Waals surface area contributed by atoms with Crippen LogP contribution in [0.3, 0.4) is 0 Å². The van der Waals surface area contributed by atoms with E-state index in [-0.39, 0.29) is 6.04 Å². The van der Waals surface area contributed by atoms with Gasteiger partial charge in [-0.05, 0) is 55.7 Å². The highest BCUT2D eigenvalue weighted by molar-refractivity contribution is 7.94. The molecule has 1 aliphatic heterocycles. The first-order valence-electron chi connectivity index (χ1n) is 6.95. The predicted octanol–water partition coefficient (Wildman–Crippen LogP) is 3.03. The third kappa shape index (κ3) is 2.32. The largest absolute Gasteiger partial charge is 0.399 e. The van der Waals surface area contributed by atoms with Crippen molar-refractivity contribution in [2.24, 2.45) is 0 Å². The molecule has 6 heteroatoms. The lowest BCUT2D eigenvalue weighted by Crippen LogP contribution is -2.35. The van der Waals surface area contributed by atoms with Crippen LogP contribution in [0.2, 0.25) is 0 Å². The van der Waals surface area contributed by atoms with Gasteiger partial charge in [-0.2, -0.15) is 0 Å². The van der Waals surface area contributed by atoms with Gasteiger partial charge in [0.25, 0.3) is 10.0 Å². The molecule has 4 nitrogen and oxygen atoms in total. The molecule has 21 heavy (non-hydrogen) atoms. The zero-order valence-corrected chi connectivity index (χ0v) is 13.7. The van der Waals surface area contributed by atoms with E-state index in [1.54, 1.807) is 18.2 Å². The molecule has 1 aliphatic rings. The molecule has 2 N–H and O–H groups in total. The van der Waals surface area contributed by atoms with Crippen molar-refractivity contribution in [3.63, 3.8) is 0 Å². The molecule has 1 aromatic carbocycles. The second-order valence-corrected chi connectivity index (χ2v) is 8.53. The van der Waals surface area contributed by atoms with Crippen LogP contribution in [0.4, 0.5) is 11.4 Å². The van der Waals surface area contributed by atoms with Crippen molar-refractivity contribution in [2.45, 2.75) is 36.9 Å². The Morgan fingerprint density at radius 2 is 2.10 bits per heavy atom. The molecule has 0 bridgehead atoms. The Balaban J connectivity index is 2.07. The molecule has 1 aromatic heterocycles. The van der Waals surface area contributed by atoms with Crippen LogP contribution >= 0.6 is 11.3 Å². The highest BCUT2D eigenvalue weighted by Gasteiger charge is 2.36. The summed E-state index contributed by atoms with van der Waals surface area (Å²) in [5, 5.41) is 0. The number of hydrogen-bond donors (Lipinski definition) is 1. The van der Waals surface area contributed by atoms with E-state index >= 15 is 0 Å². The molecule has 1 atom stereocenters. The van der Waals surface area contributed by atoms with Crippen LogP contribution in [-0.2, 0) is 22.9 Å². The molecule has 0 spiro atoms. The average Bonchev–Trinajstić information content (AvgIpc) is 3.01. The van der Waals surface area contributed by atoms with Crippen molar-refractivity contribution in [2.75, 3.05) is 10.0 Å². The van der Waals surface area contributed by atoms with E-state index in [1.165, 1.54) is 15.6 Å². The van der Waals surface area contributed by atoms with Gasteiger partial charge in [-0.3, -0.25) is 4.31 Å². The van der Waals surface area contributed by atoms with Crippen molar-refractivity contribution in [1.82, 2.24) is 0 Å². The zero-order chi connectivity index (χ0) is 15.2. The van der Waals surface area contributed by atoms with Gasteiger partial charge in [0.2, 0.25) is 0 Å². The van der Waals surface area contributed by atoms with Crippen LogP contribution in [-0.4, -0.2) is 14.5 Å². The van der Waals surface area contributed by atoms with Crippen LogP contribution in [0.25, 0.3) is 0 Å². The number of nitrogens with two attached hydrogens (primary N) is 1. The van der Waals surface area contributed by atoms with Gasteiger partial charge >= 0.3 is 0 Å². The van der Waals surface area contributed by atoms with Crippen LogP contribution in [0.5, 0.6) is 0 Å². The molecule has 2 aromatic rings. The Labute approximate surface area is 129 Å². The van der Waals surface area contributed by atoms with Gasteiger partial charge in [0.1, 0.15) is 4.21 Å². The zero-order valence-electron chi connectivity index (χ0n) is 12.0. The number of thiophene rings is 1. The number of sulfonamides is 1. The molecule has 0 radical (unpaired) electrons. The number of rotatable bonds is 3. The fraction of sp³-hybridized carbons (Fsp3) is 0.333. The van der Waals surface area contributed by atoms with Crippen LogP contribution in [0.15, 0.2) is 34.5 Å². The second kappa shape index (κ2) is 5.03. The maximum atomic E-state index is 12.9. The van der Waals surface area contributed by atoms with E-state index in [0.717, 1.165) is 22.5 Å². The Kier molecular flexibility index (Phi) is 3.45. The smallest absolute Gasteiger partial charge is 0.274 e. The minimum Gasteiger partial charge on any atom is -0.399 e. The monoisotopic (exact) mass is 322 g/mol. The fourth-order valence-corrected chi connectivity index (χ4v) is 5.85. The summed E-state index contributed by atoms with van der Waals surface area (Å²) in [4.78, 5) is 1.08. The summed E-state index contributed by atoms with van der Waals surface area (Å²) in [7, 11) is -3.49. The first kappa shape index (κ1) is 14.4. The Hall–Kier alpha value is -1.53. The van der Waals surface area contributed by atoms with E-state index in [4.69, 9.17) is 5.73 Å². The molecular formula is C15H18N2O2S2. The SMILES string of the molecule is CCc1ccc(S(=O)(=O)N2c3ccc(N)cc3CC2C)s1. The number of anilines is 2. The third-order valence-electron chi connectivity index (χ3n) is 3.76. The molecule has 2 heterocycles. The molecule has 0 fully saturated rings. The second-order valence-electron chi connectivity index (χ2n) is 5.32. The average molecular weight is 322 g/mol. The van der Waals surface area contributed by atoms with Crippen LogP contribution in [0, 0.1) is 0 Å². The molecule has 112 valence electrons. The molecule has 0 saturated carbocycles. The van der Waals surface area contributed by atoms with Crippen molar-refractivity contribution >= 4 is 32.7 Å². The summed E-state index contributed by atoms with van der Waals surface area (Å²) in [5.74, 6) is 0. The van der Waals surface area contributed by atoms with E-state index in [0.29, 0.717) is 16.3 Å². The van der Waals surface area contributed by atoms with Gasteiger partial charge in [0, 0.05) is 16.6 Å². The minimum absolute atomic E-state index is 0.0843. The summed E-state index contributed by atoms with van der Waals surface area (Å²) >= 11 is 1.35. The van der Waals surface area contributed by atoms with Crippen LogP contribution < -0.4 is 10.0 Å². The molecule has 0 aliphatic carbocycles. The van der Waals surface area contributed by atoms with Crippen LogP contribution in [0.1, 0.15) is 24.3 Å². The van der Waals surface area contributed by atoms with Gasteiger partial charge < -0.3 is 5.73 Å². The van der Waals surface area contributed by atoms with Crippen molar-refractivity contribution in [1.29, 1.82) is 0 Å².